The lowest BCUT2D eigenvalue weighted by atomic mass is 10.5. The van der Waals surface area contributed by atoms with Gasteiger partial charge in [0.15, 0.2) is 0 Å². The van der Waals surface area contributed by atoms with Gasteiger partial charge in [-0.25, -0.2) is 0 Å². The van der Waals surface area contributed by atoms with Crippen molar-refractivity contribution in [3.63, 3.8) is 0 Å². The highest BCUT2D eigenvalue weighted by Gasteiger charge is 2.44. The number of nitrogens with zero attached hydrogens (tertiary/aromatic N) is 1. The van der Waals surface area contributed by atoms with Crippen LogP contribution < -0.4 is 0 Å². The number of rotatable bonds is 0. The summed E-state index contributed by atoms with van der Waals surface area (Å²) in [7, 11) is 0. The van der Waals surface area contributed by atoms with Gasteiger partial charge in [0.2, 0.25) is 10.9 Å². The predicted molar refractivity (Wildman–Crippen MR) is 31.5 cm³/mol. The van der Waals surface area contributed by atoms with E-state index in [0.29, 0.717) is 0 Å². The van der Waals surface area contributed by atoms with Crippen molar-refractivity contribution < 1.29 is 30.8 Å². The third kappa shape index (κ3) is 2.11. The lowest BCUT2D eigenvalue weighted by Gasteiger charge is -2.00. The van der Waals surface area contributed by atoms with Gasteiger partial charge in [0.25, 0.3) is 0 Å². The first-order chi connectivity index (χ1) is 6.12. The van der Waals surface area contributed by atoms with E-state index in [0.717, 1.165) is 0 Å². The summed E-state index contributed by atoms with van der Waals surface area (Å²) in [6.07, 6.45) is -10.2. The lowest BCUT2D eigenvalue weighted by Crippen LogP contribution is -2.09. The fourth-order valence-electron chi connectivity index (χ4n) is 0.598. The molecule has 0 aromatic carbocycles. The van der Waals surface area contributed by atoms with E-state index in [4.69, 9.17) is 11.6 Å². The minimum absolute atomic E-state index is 1.43. The molecule has 0 saturated heterocycles. The molecule has 1 aromatic rings. The van der Waals surface area contributed by atoms with E-state index in [9.17, 15) is 26.3 Å². The first kappa shape index (κ1) is 11.2. The molecule has 0 aliphatic carbocycles. The molecule has 0 fully saturated rings. The first-order valence-electron chi connectivity index (χ1n) is 2.93. The average molecular weight is 240 g/mol. The molecule has 1 rings (SSSR count). The smallest absolute Gasteiger partial charge is 0.420 e. The van der Waals surface area contributed by atoms with Crippen molar-refractivity contribution in [2.45, 2.75) is 12.4 Å². The largest absolute Gasteiger partial charge is 0.469 e. The maximum atomic E-state index is 11.9. The number of alkyl halides is 6. The first-order valence-corrected chi connectivity index (χ1v) is 3.31. The Morgan fingerprint density at radius 1 is 1.00 bits per heavy atom. The predicted octanol–water partition coefficient (Wildman–Crippen LogP) is 3.37. The summed E-state index contributed by atoms with van der Waals surface area (Å²) in [6, 6.07) is 0. The van der Waals surface area contributed by atoms with E-state index >= 15 is 0 Å². The van der Waals surface area contributed by atoms with E-state index in [-0.39, 0.29) is 0 Å². The third-order valence-corrected chi connectivity index (χ3v) is 1.35. The number of oxazole rings is 1. The van der Waals surface area contributed by atoms with Crippen LogP contribution in [-0.2, 0) is 12.4 Å². The zero-order chi connectivity index (χ0) is 11.1. The molecule has 80 valence electrons. The zero-order valence-corrected chi connectivity index (χ0v) is 6.76. The molecule has 0 amide bonds. The van der Waals surface area contributed by atoms with Crippen molar-refractivity contribution in [3.8, 4) is 0 Å². The summed E-state index contributed by atoms with van der Waals surface area (Å²) < 4.78 is 74.6. The molecule has 0 unspecified atom stereocenters. The number of halogens is 7. The molecule has 14 heavy (non-hydrogen) atoms. The second-order valence-corrected chi connectivity index (χ2v) is 2.48. The van der Waals surface area contributed by atoms with E-state index < -0.39 is 29.2 Å². The van der Waals surface area contributed by atoms with Crippen LogP contribution in [0.4, 0.5) is 26.3 Å². The number of aromatic nitrogens is 1. The number of hydrogen-bond acceptors (Lipinski definition) is 2. The fourth-order valence-corrected chi connectivity index (χ4v) is 0.820. The van der Waals surface area contributed by atoms with E-state index in [1.807, 2.05) is 0 Å². The highest BCUT2D eigenvalue weighted by Crippen LogP contribution is 2.38. The monoisotopic (exact) mass is 239 g/mol. The van der Waals surface area contributed by atoms with Crippen LogP contribution >= 0.6 is 11.6 Å². The van der Waals surface area contributed by atoms with Crippen LogP contribution in [0.2, 0.25) is 5.22 Å². The highest BCUT2D eigenvalue weighted by atomic mass is 35.5. The van der Waals surface area contributed by atoms with Gasteiger partial charge in [-0.3, -0.25) is 0 Å². The van der Waals surface area contributed by atoms with Crippen LogP contribution in [0.1, 0.15) is 11.6 Å². The van der Waals surface area contributed by atoms with Gasteiger partial charge < -0.3 is 4.42 Å². The van der Waals surface area contributed by atoms with Crippen LogP contribution in [0.3, 0.4) is 0 Å². The van der Waals surface area contributed by atoms with Gasteiger partial charge in [0.1, 0.15) is 0 Å². The van der Waals surface area contributed by atoms with Crippen LogP contribution in [0.15, 0.2) is 4.42 Å². The van der Waals surface area contributed by atoms with Crippen LogP contribution in [0, 0.1) is 0 Å². The van der Waals surface area contributed by atoms with Crippen LogP contribution in [0.5, 0.6) is 0 Å². The summed E-state index contributed by atoms with van der Waals surface area (Å²) in [5.74, 6) is -2.02. The topological polar surface area (TPSA) is 26.0 Å². The Morgan fingerprint density at radius 2 is 1.50 bits per heavy atom. The molecule has 0 spiro atoms. The van der Waals surface area contributed by atoms with Crippen molar-refractivity contribution in [3.05, 3.63) is 16.8 Å². The Bertz CT molecular complexity index is 339. The molecule has 2 nitrogen and oxygen atoms in total. The Morgan fingerprint density at radius 3 is 1.71 bits per heavy atom. The molecule has 1 aromatic heterocycles. The molecular formula is C5ClF6NO. The Kier molecular flexibility index (Phi) is 2.42. The summed E-state index contributed by atoms with van der Waals surface area (Å²) in [4.78, 5) is 2.20. The van der Waals surface area contributed by atoms with Crippen molar-refractivity contribution in [1.82, 2.24) is 4.98 Å². The number of hydrogen-bond donors (Lipinski definition) is 0. The van der Waals surface area contributed by atoms with E-state index in [1.54, 1.807) is 0 Å². The van der Waals surface area contributed by atoms with Crippen molar-refractivity contribution in [2.75, 3.05) is 0 Å². The summed E-state index contributed by atoms with van der Waals surface area (Å²) in [6.45, 7) is 0. The quantitative estimate of drug-likeness (QED) is 0.649. The summed E-state index contributed by atoms with van der Waals surface area (Å²) in [5, 5.41) is -1.43. The minimum Gasteiger partial charge on any atom is -0.420 e. The van der Waals surface area contributed by atoms with Gasteiger partial charge in [-0.2, -0.15) is 31.3 Å². The lowest BCUT2D eigenvalue weighted by molar-refractivity contribution is -0.158. The normalized spacial score (nSPS) is 13.4. The minimum atomic E-state index is -5.09. The maximum Gasteiger partial charge on any atom is 0.469 e. The standard InChI is InChI=1S/C5ClF6NO/c6-2-1(4(7,8)9)13-3(14-2)5(10,11)12. The van der Waals surface area contributed by atoms with Crippen LogP contribution in [0.25, 0.3) is 0 Å². The molecule has 0 aliphatic heterocycles. The van der Waals surface area contributed by atoms with Crippen molar-refractivity contribution in [2.24, 2.45) is 0 Å². The van der Waals surface area contributed by atoms with E-state index in [1.165, 1.54) is 0 Å². The molecule has 1 heterocycles. The molecule has 0 aliphatic rings. The SMILES string of the molecule is FC(F)(F)c1nc(C(F)(F)F)c(Cl)o1. The summed E-state index contributed by atoms with van der Waals surface area (Å²) in [5.41, 5.74) is -1.88. The summed E-state index contributed by atoms with van der Waals surface area (Å²) >= 11 is 4.79. The fraction of sp³-hybridized carbons (Fsp3) is 0.400. The maximum absolute atomic E-state index is 11.9. The molecule has 0 bridgehead atoms. The molecule has 0 radical (unpaired) electrons. The Hall–Kier alpha value is -0.920. The van der Waals surface area contributed by atoms with Crippen LogP contribution in [-0.4, -0.2) is 4.98 Å². The molecule has 9 heteroatoms. The van der Waals surface area contributed by atoms with Crippen molar-refractivity contribution in [1.29, 1.82) is 0 Å². The van der Waals surface area contributed by atoms with Gasteiger partial charge in [0, 0.05) is 0 Å². The Balaban J connectivity index is 3.19. The molecule has 0 saturated carbocycles. The highest BCUT2D eigenvalue weighted by molar-refractivity contribution is 6.29. The third-order valence-electron chi connectivity index (χ3n) is 1.10. The molecule has 0 N–H and O–H groups in total. The van der Waals surface area contributed by atoms with Gasteiger partial charge in [0.05, 0.1) is 0 Å². The van der Waals surface area contributed by atoms with Gasteiger partial charge >= 0.3 is 18.2 Å². The zero-order valence-electron chi connectivity index (χ0n) is 6.00. The van der Waals surface area contributed by atoms with Gasteiger partial charge in [-0.05, 0) is 11.6 Å². The molecular weight excluding hydrogens is 240 g/mol. The average Bonchev–Trinajstić information content (AvgIpc) is 2.27. The van der Waals surface area contributed by atoms with Crippen molar-refractivity contribution >= 4 is 11.6 Å². The second-order valence-electron chi connectivity index (χ2n) is 2.14. The molecule has 0 atom stereocenters. The van der Waals surface area contributed by atoms with E-state index in [2.05, 4.69) is 9.40 Å². The van der Waals surface area contributed by atoms with Gasteiger partial charge in [-0.1, -0.05) is 0 Å². The second kappa shape index (κ2) is 3.04. The Labute approximate surface area is 77.5 Å². The van der Waals surface area contributed by atoms with Gasteiger partial charge in [-0.15, -0.1) is 0 Å².